The summed E-state index contributed by atoms with van der Waals surface area (Å²) in [4.78, 5) is 57.3. The molecule has 62 heavy (non-hydrogen) atoms. The lowest BCUT2D eigenvalue weighted by Crippen LogP contribution is -2.36. The Morgan fingerprint density at radius 2 is 0.726 bits per heavy atom. The predicted octanol–water partition coefficient (Wildman–Crippen LogP) is 7.11. The van der Waals surface area contributed by atoms with Crippen molar-refractivity contribution in [2.45, 2.75) is 26.6 Å². The lowest BCUT2D eigenvalue weighted by Gasteiger charge is -2.26. The SMILES string of the molecule is COc1ccc(-c2cc(CN3CCN(Cc4cc(-c5ccc(C)cc5)cc(C(=O)O)n4)CCN(Cc4cc(-c5ccc(OC)cc5)cc(C(=O)O)n4)CC3)nc(C(=O)O)c2)cc1. The van der Waals surface area contributed by atoms with Crippen LogP contribution < -0.4 is 9.47 Å². The minimum absolute atomic E-state index is 0.0419. The first-order valence-electron chi connectivity index (χ1n) is 20.2. The first-order chi connectivity index (χ1) is 29.9. The first kappa shape index (κ1) is 43.1. The van der Waals surface area contributed by atoms with Crippen molar-refractivity contribution in [1.29, 1.82) is 0 Å². The molecule has 318 valence electrons. The van der Waals surface area contributed by atoms with E-state index < -0.39 is 17.9 Å². The van der Waals surface area contributed by atoms with Gasteiger partial charge in [-0.15, -0.1) is 0 Å². The minimum Gasteiger partial charge on any atom is -0.497 e. The Morgan fingerprint density at radius 3 is 0.984 bits per heavy atom. The van der Waals surface area contributed by atoms with E-state index in [1.165, 1.54) is 0 Å². The fourth-order valence-electron chi connectivity index (χ4n) is 7.49. The van der Waals surface area contributed by atoms with Crippen molar-refractivity contribution in [3.8, 4) is 44.9 Å². The number of ether oxygens (including phenoxy) is 2. The number of carboxylic acids is 3. The largest absolute Gasteiger partial charge is 0.497 e. The Hall–Kier alpha value is -7.00. The maximum Gasteiger partial charge on any atom is 0.354 e. The smallest absolute Gasteiger partial charge is 0.354 e. The summed E-state index contributed by atoms with van der Waals surface area (Å²) in [5.41, 5.74) is 7.44. The molecule has 0 aliphatic carbocycles. The van der Waals surface area contributed by atoms with Crippen molar-refractivity contribution in [3.05, 3.63) is 149 Å². The van der Waals surface area contributed by atoms with Gasteiger partial charge in [0.25, 0.3) is 0 Å². The van der Waals surface area contributed by atoms with Crippen molar-refractivity contribution in [1.82, 2.24) is 29.7 Å². The van der Waals surface area contributed by atoms with Gasteiger partial charge in [-0.05, 0) is 101 Å². The molecule has 0 amide bonds. The van der Waals surface area contributed by atoms with E-state index in [0.29, 0.717) is 98.6 Å². The first-order valence-corrected chi connectivity index (χ1v) is 20.2. The van der Waals surface area contributed by atoms with Crippen LogP contribution in [0.25, 0.3) is 33.4 Å². The molecule has 14 nitrogen and oxygen atoms in total. The maximum atomic E-state index is 12.3. The van der Waals surface area contributed by atoms with Crippen LogP contribution in [0.4, 0.5) is 0 Å². The van der Waals surface area contributed by atoms with Gasteiger partial charge in [-0.1, -0.05) is 54.1 Å². The molecule has 0 spiro atoms. The Kier molecular flexibility index (Phi) is 13.6. The van der Waals surface area contributed by atoms with Crippen molar-refractivity contribution < 1.29 is 39.2 Å². The fraction of sp³-hybridized carbons (Fsp3) is 0.250. The van der Waals surface area contributed by atoms with Gasteiger partial charge in [0, 0.05) is 58.9 Å². The number of methoxy groups -OCH3 is 2. The molecule has 0 atom stereocenters. The lowest BCUT2D eigenvalue weighted by atomic mass is 10.0. The molecule has 0 bridgehead atoms. The summed E-state index contributed by atoms with van der Waals surface area (Å²) >= 11 is 0. The summed E-state index contributed by atoms with van der Waals surface area (Å²) in [7, 11) is 3.18. The highest BCUT2D eigenvalue weighted by atomic mass is 16.5. The van der Waals surface area contributed by atoms with Crippen molar-refractivity contribution in [2.75, 3.05) is 53.5 Å². The number of nitrogens with zero attached hydrogens (tertiary/aromatic N) is 6. The van der Waals surface area contributed by atoms with Crippen LogP contribution in [0.1, 0.15) is 54.1 Å². The van der Waals surface area contributed by atoms with Crippen LogP contribution in [0, 0.1) is 6.92 Å². The predicted molar refractivity (Wildman–Crippen MR) is 234 cm³/mol. The molecule has 1 aliphatic rings. The monoisotopic (exact) mass is 836 g/mol. The van der Waals surface area contributed by atoms with Gasteiger partial charge in [0.15, 0.2) is 0 Å². The van der Waals surface area contributed by atoms with E-state index in [1.54, 1.807) is 32.4 Å². The molecule has 0 unspecified atom stereocenters. The van der Waals surface area contributed by atoms with Crippen LogP contribution in [-0.4, -0.2) is 116 Å². The second kappa shape index (κ2) is 19.6. The number of hydrogen-bond donors (Lipinski definition) is 3. The van der Waals surface area contributed by atoms with Gasteiger partial charge in [0.1, 0.15) is 28.6 Å². The van der Waals surface area contributed by atoms with Crippen LogP contribution in [0.3, 0.4) is 0 Å². The van der Waals surface area contributed by atoms with Gasteiger partial charge >= 0.3 is 17.9 Å². The van der Waals surface area contributed by atoms with Crippen LogP contribution in [0.2, 0.25) is 0 Å². The number of pyridine rings is 3. The van der Waals surface area contributed by atoms with E-state index in [9.17, 15) is 29.7 Å². The topological polar surface area (TPSA) is 179 Å². The van der Waals surface area contributed by atoms with Gasteiger partial charge in [0.2, 0.25) is 0 Å². The van der Waals surface area contributed by atoms with E-state index >= 15 is 0 Å². The number of carboxylic acid groups (broad SMARTS) is 3. The summed E-state index contributed by atoms with van der Waals surface area (Å²) < 4.78 is 10.7. The molecule has 0 radical (unpaired) electrons. The number of aromatic nitrogens is 3. The second-order valence-corrected chi connectivity index (χ2v) is 15.3. The van der Waals surface area contributed by atoms with E-state index in [4.69, 9.17) is 9.47 Å². The zero-order valence-corrected chi connectivity index (χ0v) is 34.8. The van der Waals surface area contributed by atoms with Gasteiger partial charge in [-0.2, -0.15) is 0 Å². The Balaban J connectivity index is 1.20. The zero-order chi connectivity index (χ0) is 43.8. The van der Waals surface area contributed by atoms with Gasteiger partial charge < -0.3 is 24.8 Å². The van der Waals surface area contributed by atoms with E-state index in [2.05, 4.69) is 29.7 Å². The third kappa shape index (κ3) is 11.0. The third-order valence-electron chi connectivity index (χ3n) is 10.9. The minimum atomic E-state index is -1.13. The summed E-state index contributed by atoms with van der Waals surface area (Å²) in [6, 6.07) is 33.2. The van der Waals surface area contributed by atoms with Gasteiger partial charge in [-0.3, -0.25) is 14.7 Å². The molecule has 3 aromatic heterocycles. The number of aryl methyl sites for hydroxylation is 1. The summed E-state index contributed by atoms with van der Waals surface area (Å²) in [5.74, 6) is -2.00. The molecular formula is C48H48N6O8. The number of carbonyl (C=O) groups is 3. The Bertz CT molecular complexity index is 2430. The number of aromatic carboxylic acids is 3. The van der Waals surface area contributed by atoms with Crippen LogP contribution in [0.15, 0.2) is 109 Å². The van der Waals surface area contributed by atoms with E-state index in [-0.39, 0.29) is 17.1 Å². The highest BCUT2D eigenvalue weighted by molar-refractivity contribution is 5.88. The maximum absolute atomic E-state index is 12.3. The lowest BCUT2D eigenvalue weighted by molar-refractivity contribution is 0.0679. The summed E-state index contributed by atoms with van der Waals surface area (Å²) in [5, 5.41) is 30.2. The van der Waals surface area contributed by atoms with Crippen LogP contribution in [0.5, 0.6) is 11.5 Å². The van der Waals surface area contributed by atoms with Crippen LogP contribution >= 0.6 is 0 Å². The standard InChI is InChI=1S/C48H48N6O8/c1-31-4-6-32(7-5-31)35-22-38(49-43(25-35)46(55)56)28-52-16-18-53(29-39-23-36(26-44(50-39)47(57)58)33-8-12-41(61-2)13-9-33)20-21-54(19-17-52)30-40-24-37(27-45(51-40)48(59)60)34-10-14-42(62-3)15-11-34/h4-15,22-27H,16-21,28-30H2,1-3H3,(H,55,56)(H,57,58)(H,59,60). The van der Waals surface area contributed by atoms with E-state index in [1.807, 2.05) is 97.9 Å². The number of hydrogen-bond acceptors (Lipinski definition) is 11. The van der Waals surface area contributed by atoms with Crippen molar-refractivity contribution >= 4 is 17.9 Å². The molecular weight excluding hydrogens is 789 g/mol. The highest BCUT2D eigenvalue weighted by Crippen LogP contribution is 2.27. The molecule has 3 N–H and O–H groups in total. The molecule has 1 aliphatic heterocycles. The third-order valence-corrected chi connectivity index (χ3v) is 10.9. The normalized spacial score (nSPS) is 14.0. The summed E-state index contributed by atoms with van der Waals surface area (Å²) in [6.45, 7) is 6.58. The highest BCUT2D eigenvalue weighted by Gasteiger charge is 2.22. The van der Waals surface area contributed by atoms with E-state index in [0.717, 1.165) is 27.8 Å². The zero-order valence-electron chi connectivity index (χ0n) is 34.8. The van der Waals surface area contributed by atoms with Crippen molar-refractivity contribution in [2.24, 2.45) is 0 Å². The molecule has 1 saturated heterocycles. The second-order valence-electron chi connectivity index (χ2n) is 15.3. The molecule has 3 aromatic carbocycles. The fourth-order valence-corrected chi connectivity index (χ4v) is 7.49. The number of benzene rings is 3. The molecule has 7 rings (SSSR count). The number of rotatable bonds is 14. The molecule has 6 aromatic rings. The summed E-state index contributed by atoms with van der Waals surface area (Å²) in [6.07, 6.45) is 0. The molecule has 14 heteroatoms. The Morgan fingerprint density at radius 1 is 0.452 bits per heavy atom. The van der Waals surface area contributed by atoms with Crippen molar-refractivity contribution in [3.63, 3.8) is 0 Å². The average Bonchev–Trinajstić information content (AvgIpc) is 3.36. The average molecular weight is 837 g/mol. The quantitative estimate of drug-likeness (QED) is 0.101. The Labute approximate surface area is 359 Å². The van der Waals surface area contributed by atoms with Gasteiger partial charge in [0.05, 0.1) is 31.3 Å². The molecule has 0 saturated carbocycles. The van der Waals surface area contributed by atoms with Crippen LogP contribution in [-0.2, 0) is 19.6 Å². The van der Waals surface area contributed by atoms with Gasteiger partial charge in [-0.25, -0.2) is 29.3 Å². The molecule has 1 fully saturated rings. The molecule has 4 heterocycles.